The zero-order chi connectivity index (χ0) is 24.9. The first kappa shape index (κ1) is 26.7. The second-order valence-electron chi connectivity index (χ2n) is 8.56. The molecule has 0 saturated heterocycles. The van der Waals surface area contributed by atoms with Crippen LogP contribution in [0.4, 0.5) is 5.69 Å². The van der Waals surface area contributed by atoms with Gasteiger partial charge in [0.1, 0.15) is 12.6 Å². The van der Waals surface area contributed by atoms with Gasteiger partial charge in [0.05, 0.1) is 11.9 Å². The molecule has 7 nitrogen and oxygen atoms in total. The molecule has 10 heteroatoms. The van der Waals surface area contributed by atoms with Gasteiger partial charge in [-0.1, -0.05) is 36.6 Å². The van der Waals surface area contributed by atoms with Crippen molar-refractivity contribution >= 4 is 61.7 Å². The van der Waals surface area contributed by atoms with Crippen molar-refractivity contribution in [2.75, 3.05) is 17.1 Å². The Hall–Kier alpha value is -1.85. The average Bonchev–Trinajstić information content (AvgIpc) is 3.28. The van der Waals surface area contributed by atoms with Crippen LogP contribution in [-0.2, 0) is 26.2 Å². The molecule has 2 aromatic rings. The van der Waals surface area contributed by atoms with Crippen molar-refractivity contribution in [3.8, 4) is 0 Å². The van der Waals surface area contributed by atoms with Crippen LogP contribution in [0.3, 0.4) is 0 Å². The second kappa shape index (κ2) is 11.7. The van der Waals surface area contributed by atoms with E-state index in [1.54, 1.807) is 49.4 Å². The molecule has 0 spiro atoms. The Kier molecular flexibility index (Phi) is 9.22. The van der Waals surface area contributed by atoms with Crippen LogP contribution in [0.5, 0.6) is 0 Å². The Morgan fingerprint density at radius 2 is 1.79 bits per heavy atom. The van der Waals surface area contributed by atoms with Crippen molar-refractivity contribution in [2.24, 2.45) is 0 Å². The van der Waals surface area contributed by atoms with Gasteiger partial charge in [0.25, 0.3) is 0 Å². The molecule has 3 rings (SSSR count). The maximum atomic E-state index is 13.5. The number of sulfonamides is 1. The number of hydrogen-bond acceptors (Lipinski definition) is 4. The third kappa shape index (κ3) is 7.32. The van der Waals surface area contributed by atoms with E-state index in [0.717, 1.165) is 45.4 Å². The van der Waals surface area contributed by atoms with Gasteiger partial charge < -0.3 is 10.2 Å². The number of carbonyl (C=O) groups excluding carboxylic acids is 2. The summed E-state index contributed by atoms with van der Waals surface area (Å²) in [6, 6.07) is 13.3. The van der Waals surface area contributed by atoms with Gasteiger partial charge in [0.2, 0.25) is 21.8 Å². The lowest BCUT2D eigenvalue weighted by molar-refractivity contribution is -0.139. The maximum Gasteiger partial charge on any atom is 0.244 e. The molecule has 1 saturated carbocycles. The predicted molar refractivity (Wildman–Crippen MR) is 143 cm³/mol. The summed E-state index contributed by atoms with van der Waals surface area (Å²) in [7, 11) is -3.74. The van der Waals surface area contributed by atoms with Gasteiger partial charge in [-0.05, 0) is 84.3 Å². The summed E-state index contributed by atoms with van der Waals surface area (Å²) in [6.45, 7) is 1.38. The largest absolute Gasteiger partial charge is 0.352 e. The van der Waals surface area contributed by atoms with Crippen LogP contribution in [0.15, 0.2) is 48.5 Å². The molecular weight excluding hydrogens is 589 g/mol. The van der Waals surface area contributed by atoms with Crippen LogP contribution in [0.25, 0.3) is 0 Å². The Morgan fingerprint density at radius 3 is 2.38 bits per heavy atom. The SMILES string of the molecule is C[C@H](C(=O)NC1CCCC1)N(Cc1cccc(Cl)c1)C(=O)CN(c1ccc(I)cc1)S(C)(=O)=O. The number of halogens is 2. The summed E-state index contributed by atoms with van der Waals surface area (Å²) in [5.41, 5.74) is 1.14. The van der Waals surface area contributed by atoms with Crippen LogP contribution in [0.1, 0.15) is 38.2 Å². The van der Waals surface area contributed by atoms with Crippen LogP contribution >= 0.6 is 34.2 Å². The van der Waals surface area contributed by atoms with E-state index in [4.69, 9.17) is 11.6 Å². The molecule has 1 aliphatic rings. The second-order valence-corrected chi connectivity index (χ2v) is 12.2. The number of nitrogens with one attached hydrogen (secondary N) is 1. The van der Waals surface area contributed by atoms with Crippen LogP contribution in [0.2, 0.25) is 5.02 Å². The van der Waals surface area contributed by atoms with Crippen molar-refractivity contribution in [3.63, 3.8) is 0 Å². The number of rotatable bonds is 9. The fourth-order valence-corrected chi connectivity index (χ4v) is 5.45. The van der Waals surface area contributed by atoms with E-state index in [0.29, 0.717) is 10.7 Å². The smallest absolute Gasteiger partial charge is 0.244 e. The zero-order valence-electron chi connectivity index (χ0n) is 19.2. The van der Waals surface area contributed by atoms with Crippen molar-refractivity contribution in [3.05, 3.63) is 62.7 Å². The topological polar surface area (TPSA) is 86.8 Å². The van der Waals surface area contributed by atoms with Gasteiger partial charge in [-0.2, -0.15) is 0 Å². The van der Waals surface area contributed by atoms with E-state index in [1.165, 1.54) is 4.90 Å². The van der Waals surface area contributed by atoms with Crippen molar-refractivity contribution in [1.82, 2.24) is 10.2 Å². The van der Waals surface area contributed by atoms with E-state index < -0.39 is 28.5 Å². The fourth-order valence-electron chi connectivity index (χ4n) is 4.03. The number of amides is 2. The minimum atomic E-state index is -3.74. The molecular formula is C24H29ClIN3O4S. The zero-order valence-corrected chi connectivity index (χ0v) is 22.9. The predicted octanol–water partition coefficient (Wildman–Crippen LogP) is 4.19. The van der Waals surface area contributed by atoms with E-state index >= 15 is 0 Å². The molecule has 1 N–H and O–H groups in total. The van der Waals surface area contributed by atoms with Crippen LogP contribution in [-0.4, -0.2) is 50.0 Å². The van der Waals surface area contributed by atoms with Crippen molar-refractivity contribution in [2.45, 2.75) is 51.2 Å². The van der Waals surface area contributed by atoms with Gasteiger partial charge in [0.15, 0.2) is 0 Å². The molecule has 2 aromatic carbocycles. The first-order valence-electron chi connectivity index (χ1n) is 11.1. The van der Waals surface area contributed by atoms with E-state index in [2.05, 4.69) is 27.9 Å². The maximum absolute atomic E-state index is 13.5. The average molecular weight is 618 g/mol. The molecule has 1 atom stereocenters. The van der Waals surface area contributed by atoms with Gasteiger partial charge in [-0.25, -0.2) is 8.42 Å². The fraction of sp³-hybridized carbons (Fsp3) is 0.417. The highest BCUT2D eigenvalue weighted by atomic mass is 127. The normalized spacial score (nSPS) is 15.1. The number of carbonyl (C=O) groups is 2. The number of hydrogen-bond donors (Lipinski definition) is 1. The summed E-state index contributed by atoms with van der Waals surface area (Å²) in [6.07, 6.45) is 5.06. The molecule has 34 heavy (non-hydrogen) atoms. The van der Waals surface area contributed by atoms with Gasteiger partial charge in [0, 0.05) is 21.2 Å². The first-order valence-corrected chi connectivity index (χ1v) is 14.4. The highest BCUT2D eigenvalue weighted by molar-refractivity contribution is 14.1. The summed E-state index contributed by atoms with van der Waals surface area (Å²) in [4.78, 5) is 28.0. The summed E-state index contributed by atoms with van der Waals surface area (Å²) >= 11 is 8.26. The molecule has 0 unspecified atom stereocenters. The Morgan fingerprint density at radius 1 is 1.15 bits per heavy atom. The van der Waals surface area contributed by atoms with E-state index in [-0.39, 0.29) is 18.5 Å². The Bertz CT molecular complexity index is 1120. The van der Waals surface area contributed by atoms with Gasteiger partial charge >= 0.3 is 0 Å². The lowest BCUT2D eigenvalue weighted by Crippen LogP contribution is -2.52. The summed E-state index contributed by atoms with van der Waals surface area (Å²) in [5, 5.41) is 3.56. The minimum Gasteiger partial charge on any atom is -0.352 e. The molecule has 0 bridgehead atoms. The monoisotopic (exact) mass is 617 g/mol. The third-order valence-corrected chi connectivity index (χ3v) is 8.00. The minimum absolute atomic E-state index is 0.109. The number of nitrogens with zero attached hydrogens (tertiary/aromatic N) is 2. The highest BCUT2D eigenvalue weighted by Crippen LogP contribution is 2.22. The van der Waals surface area contributed by atoms with Crippen molar-refractivity contribution < 1.29 is 18.0 Å². The molecule has 0 heterocycles. The molecule has 0 radical (unpaired) electrons. The number of anilines is 1. The van der Waals surface area contributed by atoms with Gasteiger partial charge in [-0.15, -0.1) is 0 Å². The number of benzene rings is 2. The lowest BCUT2D eigenvalue weighted by Gasteiger charge is -2.32. The lowest BCUT2D eigenvalue weighted by atomic mass is 10.1. The van der Waals surface area contributed by atoms with Gasteiger partial charge in [-0.3, -0.25) is 13.9 Å². The van der Waals surface area contributed by atoms with E-state index in [9.17, 15) is 18.0 Å². The first-order chi connectivity index (χ1) is 16.0. The molecule has 0 aliphatic heterocycles. The van der Waals surface area contributed by atoms with E-state index in [1.807, 2.05) is 6.07 Å². The standard InChI is InChI=1S/C24H29ClIN3O4S/c1-17(24(31)27-21-8-3-4-9-21)28(15-18-6-5-7-19(25)14-18)23(30)16-29(34(2,32)33)22-12-10-20(26)11-13-22/h5-7,10-14,17,21H,3-4,8-9,15-16H2,1-2H3,(H,27,31)/t17-/m1/s1. The Balaban J connectivity index is 1.87. The quantitative estimate of drug-likeness (QED) is 0.428. The Labute approximate surface area is 220 Å². The molecule has 184 valence electrons. The van der Waals surface area contributed by atoms with Crippen LogP contribution in [0, 0.1) is 3.57 Å². The molecule has 2 amide bonds. The van der Waals surface area contributed by atoms with Crippen molar-refractivity contribution in [1.29, 1.82) is 0 Å². The summed E-state index contributed by atoms with van der Waals surface area (Å²) < 4.78 is 27.1. The third-order valence-electron chi connectivity index (χ3n) is 5.90. The molecule has 1 aliphatic carbocycles. The highest BCUT2D eigenvalue weighted by Gasteiger charge is 2.31. The molecule has 1 fully saturated rings. The molecule has 0 aromatic heterocycles. The summed E-state index contributed by atoms with van der Waals surface area (Å²) in [5.74, 6) is -0.722. The van der Waals surface area contributed by atoms with Crippen LogP contribution < -0.4 is 9.62 Å².